The number of nitro benzene ring substituents is 1. The van der Waals surface area contributed by atoms with Gasteiger partial charge in [0, 0.05) is 30.1 Å². The van der Waals surface area contributed by atoms with E-state index in [0.29, 0.717) is 23.8 Å². The topological polar surface area (TPSA) is 99.9 Å². The minimum Gasteiger partial charge on any atom is -0.337 e. The number of hydrogen-bond donors (Lipinski definition) is 0. The molecule has 0 atom stereocenters. The molecule has 0 aliphatic carbocycles. The summed E-state index contributed by atoms with van der Waals surface area (Å²) in [6, 6.07) is 6.10. The van der Waals surface area contributed by atoms with Crippen LogP contribution in [0.1, 0.15) is 5.89 Å². The molecule has 0 saturated heterocycles. The first-order chi connectivity index (χ1) is 9.72. The van der Waals surface area contributed by atoms with Crippen molar-refractivity contribution in [1.29, 1.82) is 0 Å². The molecule has 8 heteroatoms. The summed E-state index contributed by atoms with van der Waals surface area (Å²) in [5.41, 5.74) is 0.531. The summed E-state index contributed by atoms with van der Waals surface area (Å²) in [6.07, 6.45) is 5.06. The number of aromatic nitrogens is 4. The first-order valence-corrected chi connectivity index (χ1v) is 5.75. The predicted octanol–water partition coefficient (Wildman–Crippen LogP) is 1.89. The van der Waals surface area contributed by atoms with Crippen LogP contribution in [0.5, 0.6) is 0 Å². The van der Waals surface area contributed by atoms with Gasteiger partial charge < -0.3 is 9.09 Å². The fourth-order valence-electron chi connectivity index (χ4n) is 1.73. The zero-order chi connectivity index (χ0) is 13.9. The second kappa shape index (κ2) is 4.92. The molecule has 0 fully saturated rings. The van der Waals surface area contributed by atoms with Crippen molar-refractivity contribution in [1.82, 2.24) is 19.7 Å². The molecule has 0 spiro atoms. The maximum atomic E-state index is 10.7. The van der Waals surface area contributed by atoms with Crippen LogP contribution < -0.4 is 0 Å². The summed E-state index contributed by atoms with van der Waals surface area (Å²) in [5.74, 6) is 0.730. The van der Waals surface area contributed by atoms with E-state index >= 15 is 0 Å². The average Bonchev–Trinajstić information content (AvgIpc) is 3.11. The van der Waals surface area contributed by atoms with Crippen molar-refractivity contribution in [3.63, 3.8) is 0 Å². The van der Waals surface area contributed by atoms with E-state index in [2.05, 4.69) is 15.1 Å². The largest absolute Gasteiger partial charge is 0.337 e. The zero-order valence-electron chi connectivity index (χ0n) is 10.2. The van der Waals surface area contributed by atoms with Crippen LogP contribution in [0.4, 0.5) is 5.69 Å². The van der Waals surface area contributed by atoms with Crippen molar-refractivity contribution < 1.29 is 9.45 Å². The van der Waals surface area contributed by atoms with Crippen molar-refractivity contribution in [2.24, 2.45) is 0 Å². The molecule has 0 unspecified atom stereocenters. The standard InChI is InChI=1S/C12H9N5O3/c18-17(19)10-3-1-2-9(6-10)12-14-11(20-15-12)7-16-5-4-13-8-16/h1-6,8H,7H2. The molecule has 0 radical (unpaired) electrons. The van der Waals surface area contributed by atoms with Crippen LogP contribution in [0.2, 0.25) is 0 Å². The van der Waals surface area contributed by atoms with Crippen molar-refractivity contribution in [3.8, 4) is 11.4 Å². The molecule has 0 saturated carbocycles. The van der Waals surface area contributed by atoms with Gasteiger partial charge in [-0.15, -0.1) is 0 Å². The molecule has 3 rings (SSSR count). The molecule has 0 bridgehead atoms. The highest BCUT2D eigenvalue weighted by atomic mass is 16.6. The highest BCUT2D eigenvalue weighted by Gasteiger charge is 2.12. The quantitative estimate of drug-likeness (QED) is 0.530. The van der Waals surface area contributed by atoms with Crippen LogP contribution in [-0.2, 0) is 6.54 Å². The number of imidazole rings is 1. The highest BCUT2D eigenvalue weighted by Crippen LogP contribution is 2.21. The van der Waals surface area contributed by atoms with E-state index in [-0.39, 0.29) is 5.69 Å². The first kappa shape index (κ1) is 12.0. The fraction of sp³-hybridized carbons (Fsp3) is 0.0833. The van der Waals surface area contributed by atoms with Crippen LogP contribution >= 0.6 is 0 Å². The molecular weight excluding hydrogens is 262 g/mol. The monoisotopic (exact) mass is 271 g/mol. The van der Waals surface area contributed by atoms with Gasteiger partial charge in [-0.05, 0) is 0 Å². The summed E-state index contributed by atoms with van der Waals surface area (Å²) in [4.78, 5) is 18.4. The summed E-state index contributed by atoms with van der Waals surface area (Å²) in [6.45, 7) is 0.405. The first-order valence-electron chi connectivity index (χ1n) is 5.75. The van der Waals surface area contributed by atoms with E-state index in [1.54, 1.807) is 35.4 Å². The molecule has 3 aromatic rings. The minimum atomic E-state index is -0.462. The van der Waals surface area contributed by atoms with Crippen LogP contribution in [0.15, 0.2) is 47.5 Å². The van der Waals surface area contributed by atoms with E-state index in [4.69, 9.17) is 4.52 Å². The lowest BCUT2D eigenvalue weighted by Crippen LogP contribution is -1.96. The Morgan fingerprint density at radius 1 is 1.40 bits per heavy atom. The maximum absolute atomic E-state index is 10.7. The maximum Gasteiger partial charge on any atom is 0.270 e. The highest BCUT2D eigenvalue weighted by molar-refractivity contribution is 5.58. The van der Waals surface area contributed by atoms with E-state index in [9.17, 15) is 10.1 Å². The molecule has 8 nitrogen and oxygen atoms in total. The van der Waals surface area contributed by atoms with E-state index < -0.39 is 4.92 Å². The number of nitrogens with zero attached hydrogens (tertiary/aromatic N) is 5. The number of non-ortho nitro benzene ring substituents is 1. The van der Waals surface area contributed by atoms with Gasteiger partial charge in [-0.3, -0.25) is 10.1 Å². The lowest BCUT2D eigenvalue weighted by Gasteiger charge is -1.95. The number of hydrogen-bond acceptors (Lipinski definition) is 6. The summed E-state index contributed by atoms with van der Waals surface area (Å²) < 4.78 is 6.90. The third-order valence-electron chi connectivity index (χ3n) is 2.66. The summed E-state index contributed by atoms with van der Waals surface area (Å²) in [7, 11) is 0. The SMILES string of the molecule is O=[N+]([O-])c1cccc(-c2noc(Cn3ccnc3)n2)c1. The Balaban J connectivity index is 1.86. The lowest BCUT2D eigenvalue weighted by molar-refractivity contribution is -0.384. The van der Waals surface area contributed by atoms with Crippen molar-refractivity contribution in [2.45, 2.75) is 6.54 Å². The number of benzene rings is 1. The van der Waals surface area contributed by atoms with Gasteiger partial charge in [-0.1, -0.05) is 17.3 Å². The molecule has 20 heavy (non-hydrogen) atoms. The van der Waals surface area contributed by atoms with Crippen LogP contribution in [-0.4, -0.2) is 24.6 Å². The molecule has 0 aliphatic rings. The van der Waals surface area contributed by atoms with Gasteiger partial charge >= 0.3 is 0 Å². The van der Waals surface area contributed by atoms with Gasteiger partial charge in [0.05, 0.1) is 11.3 Å². The summed E-state index contributed by atoms with van der Waals surface area (Å²) >= 11 is 0. The molecule has 2 heterocycles. The Morgan fingerprint density at radius 2 is 2.30 bits per heavy atom. The van der Waals surface area contributed by atoms with Gasteiger partial charge in [0.2, 0.25) is 11.7 Å². The van der Waals surface area contributed by atoms with Crippen LogP contribution in [0, 0.1) is 10.1 Å². The van der Waals surface area contributed by atoms with Crippen LogP contribution in [0.25, 0.3) is 11.4 Å². The fourth-order valence-corrected chi connectivity index (χ4v) is 1.73. The van der Waals surface area contributed by atoms with E-state index in [0.717, 1.165) is 0 Å². The lowest BCUT2D eigenvalue weighted by atomic mass is 10.2. The minimum absolute atomic E-state index is 0.0107. The molecule has 100 valence electrons. The normalized spacial score (nSPS) is 10.6. The van der Waals surface area contributed by atoms with Gasteiger partial charge in [-0.2, -0.15) is 4.98 Å². The second-order valence-corrected chi connectivity index (χ2v) is 4.05. The van der Waals surface area contributed by atoms with Gasteiger partial charge in [0.15, 0.2) is 0 Å². The van der Waals surface area contributed by atoms with Crippen molar-refractivity contribution >= 4 is 5.69 Å². The van der Waals surface area contributed by atoms with Gasteiger partial charge in [-0.25, -0.2) is 4.98 Å². The Bertz CT molecular complexity index is 735. The van der Waals surface area contributed by atoms with Crippen LogP contribution in [0.3, 0.4) is 0 Å². The molecule has 0 amide bonds. The smallest absolute Gasteiger partial charge is 0.270 e. The molecular formula is C12H9N5O3. The summed E-state index contributed by atoms with van der Waals surface area (Å²) in [5, 5.41) is 14.6. The third kappa shape index (κ3) is 2.39. The number of nitro groups is 1. The van der Waals surface area contributed by atoms with Gasteiger partial charge in [0.25, 0.3) is 5.69 Å². The second-order valence-electron chi connectivity index (χ2n) is 4.05. The Hall–Kier alpha value is -3.03. The zero-order valence-corrected chi connectivity index (χ0v) is 10.2. The van der Waals surface area contributed by atoms with Gasteiger partial charge in [0.1, 0.15) is 6.54 Å². The molecule has 1 aromatic carbocycles. The van der Waals surface area contributed by atoms with Crippen molar-refractivity contribution in [3.05, 3.63) is 59.0 Å². The molecule has 0 aliphatic heterocycles. The Morgan fingerprint density at radius 3 is 3.05 bits per heavy atom. The predicted molar refractivity (Wildman–Crippen MR) is 67.7 cm³/mol. The Kier molecular flexibility index (Phi) is 2.96. The Labute approximate surface area is 112 Å². The van der Waals surface area contributed by atoms with Crippen molar-refractivity contribution in [2.75, 3.05) is 0 Å². The van der Waals surface area contributed by atoms with E-state index in [1.807, 2.05) is 0 Å². The molecule has 0 N–H and O–H groups in total. The van der Waals surface area contributed by atoms with E-state index in [1.165, 1.54) is 12.1 Å². The third-order valence-corrected chi connectivity index (χ3v) is 2.66. The number of rotatable bonds is 4. The average molecular weight is 271 g/mol. The molecule has 2 aromatic heterocycles.